The monoisotopic (exact) mass is 613 g/mol. The summed E-state index contributed by atoms with van der Waals surface area (Å²) in [4.78, 5) is 43.0. The number of anilines is 1. The standard InChI is InChI=1S/C34H51N3O5S/c1-8-9-10-11-12-15-21-37(32(40)28(20-22-43-7)36-33(41)42-34(4,5)6)30(26-18-19-29(38)25(3)23-26)31(39)35-27-17-14-13-16-24(27)2/h13-14,16-19,23,28,30,38H,8-12,15,20-22H2,1-7H3,(H,35,39)(H,36,41). The lowest BCUT2D eigenvalue weighted by Gasteiger charge is -2.35. The number of amides is 3. The Kier molecular flexibility index (Phi) is 14.9. The summed E-state index contributed by atoms with van der Waals surface area (Å²) in [6.45, 7) is 11.5. The summed E-state index contributed by atoms with van der Waals surface area (Å²) in [5, 5.41) is 16.1. The maximum Gasteiger partial charge on any atom is 0.408 e. The van der Waals surface area contributed by atoms with Crippen molar-refractivity contribution < 1.29 is 24.2 Å². The molecule has 8 nitrogen and oxygen atoms in total. The zero-order chi connectivity index (χ0) is 32.0. The van der Waals surface area contributed by atoms with E-state index in [0.29, 0.717) is 42.0 Å². The van der Waals surface area contributed by atoms with Crippen LogP contribution in [0.3, 0.4) is 0 Å². The minimum atomic E-state index is -0.987. The number of rotatable bonds is 16. The van der Waals surface area contributed by atoms with E-state index in [1.165, 1.54) is 0 Å². The van der Waals surface area contributed by atoms with E-state index >= 15 is 0 Å². The van der Waals surface area contributed by atoms with Crippen LogP contribution in [0.25, 0.3) is 0 Å². The van der Waals surface area contributed by atoms with Crippen molar-refractivity contribution >= 4 is 35.4 Å². The van der Waals surface area contributed by atoms with E-state index in [0.717, 1.165) is 37.7 Å². The number of carbonyl (C=O) groups excluding carboxylic acids is 3. The van der Waals surface area contributed by atoms with Crippen LogP contribution in [-0.2, 0) is 14.3 Å². The molecule has 3 N–H and O–H groups in total. The fourth-order valence-corrected chi connectivity index (χ4v) is 5.28. The third-order valence-corrected chi connectivity index (χ3v) is 7.78. The number of ether oxygens (including phenoxy) is 1. The Morgan fingerprint density at radius 3 is 2.28 bits per heavy atom. The molecule has 2 aromatic rings. The van der Waals surface area contributed by atoms with Crippen LogP contribution < -0.4 is 10.6 Å². The van der Waals surface area contributed by atoms with Crippen LogP contribution in [0.15, 0.2) is 42.5 Å². The highest BCUT2D eigenvalue weighted by molar-refractivity contribution is 7.98. The van der Waals surface area contributed by atoms with E-state index < -0.39 is 23.8 Å². The normalized spacial score (nSPS) is 12.7. The van der Waals surface area contributed by atoms with Gasteiger partial charge in [0.25, 0.3) is 5.91 Å². The Morgan fingerprint density at radius 2 is 1.65 bits per heavy atom. The molecular formula is C34H51N3O5S. The number of aromatic hydroxyl groups is 1. The maximum atomic E-state index is 14.4. The molecule has 0 bridgehead atoms. The average molecular weight is 614 g/mol. The largest absolute Gasteiger partial charge is 0.508 e. The molecule has 0 heterocycles. The first-order valence-corrected chi connectivity index (χ1v) is 16.7. The number of thioether (sulfide) groups is 1. The summed E-state index contributed by atoms with van der Waals surface area (Å²) in [7, 11) is 0. The zero-order valence-corrected chi connectivity index (χ0v) is 27.8. The fourth-order valence-electron chi connectivity index (χ4n) is 4.81. The predicted molar refractivity (Wildman–Crippen MR) is 177 cm³/mol. The number of phenolic OH excluding ortho intramolecular Hbond substituents is 1. The molecule has 238 valence electrons. The molecule has 9 heteroatoms. The van der Waals surface area contributed by atoms with Crippen LogP contribution >= 0.6 is 11.8 Å². The second-order valence-electron chi connectivity index (χ2n) is 12.0. The highest BCUT2D eigenvalue weighted by Crippen LogP contribution is 2.29. The van der Waals surface area contributed by atoms with Crippen molar-refractivity contribution in [1.29, 1.82) is 0 Å². The number of hydrogen-bond donors (Lipinski definition) is 3. The number of nitrogens with zero attached hydrogens (tertiary/aromatic N) is 1. The number of nitrogens with one attached hydrogen (secondary N) is 2. The lowest BCUT2D eigenvalue weighted by atomic mass is 9.99. The van der Waals surface area contributed by atoms with Crippen LogP contribution in [0.5, 0.6) is 5.75 Å². The molecule has 0 aliphatic rings. The number of benzene rings is 2. The van der Waals surface area contributed by atoms with Crippen molar-refractivity contribution in [2.45, 2.75) is 104 Å². The fraction of sp³-hybridized carbons (Fsp3) is 0.559. The quantitative estimate of drug-likeness (QED) is 0.169. The molecule has 2 rings (SSSR count). The number of hydrogen-bond acceptors (Lipinski definition) is 6. The third-order valence-electron chi connectivity index (χ3n) is 7.13. The van der Waals surface area contributed by atoms with Gasteiger partial charge in [-0.3, -0.25) is 9.59 Å². The molecule has 0 fully saturated rings. The van der Waals surface area contributed by atoms with Gasteiger partial charge >= 0.3 is 6.09 Å². The summed E-state index contributed by atoms with van der Waals surface area (Å²) in [6, 6.07) is 10.6. The number of alkyl carbamates (subject to hydrolysis) is 1. The first kappa shape index (κ1) is 36.0. The van der Waals surface area contributed by atoms with E-state index in [1.807, 2.05) is 37.4 Å². The maximum absolute atomic E-state index is 14.4. The molecule has 0 aromatic heterocycles. The topological polar surface area (TPSA) is 108 Å². The van der Waals surface area contributed by atoms with Gasteiger partial charge in [-0.2, -0.15) is 11.8 Å². The van der Waals surface area contributed by atoms with Gasteiger partial charge in [-0.1, -0.05) is 63.3 Å². The molecular weight excluding hydrogens is 562 g/mol. The summed E-state index contributed by atoms with van der Waals surface area (Å²) in [5.74, 6) is 0.0407. The average Bonchev–Trinajstić information content (AvgIpc) is 2.93. The van der Waals surface area contributed by atoms with Crippen LogP contribution in [0.1, 0.15) is 95.4 Å². The molecule has 3 amide bonds. The Labute approximate surface area is 262 Å². The van der Waals surface area contributed by atoms with Crippen LogP contribution in [-0.4, -0.2) is 58.1 Å². The molecule has 0 aliphatic carbocycles. The van der Waals surface area contributed by atoms with Crippen molar-refractivity contribution in [2.75, 3.05) is 23.9 Å². The van der Waals surface area contributed by atoms with Gasteiger partial charge in [-0.15, -0.1) is 0 Å². The number of para-hydroxylation sites is 1. The Balaban J connectivity index is 2.54. The van der Waals surface area contributed by atoms with Gasteiger partial charge in [0.1, 0.15) is 23.4 Å². The number of aryl methyl sites for hydroxylation is 2. The number of carbonyl (C=O) groups is 3. The molecule has 0 spiro atoms. The molecule has 43 heavy (non-hydrogen) atoms. The summed E-state index contributed by atoms with van der Waals surface area (Å²) >= 11 is 1.58. The van der Waals surface area contributed by atoms with Crippen molar-refractivity contribution in [1.82, 2.24) is 10.2 Å². The second-order valence-corrected chi connectivity index (χ2v) is 13.0. The molecule has 0 saturated heterocycles. The number of unbranched alkanes of at least 4 members (excludes halogenated alkanes) is 5. The molecule has 2 unspecified atom stereocenters. The van der Waals surface area contributed by atoms with E-state index in [2.05, 4.69) is 17.6 Å². The van der Waals surface area contributed by atoms with Crippen LogP contribution in [0.2, 0.25) is 0 Å². The van der Waals surface area contributed by atoms with Crippen LogP contribution in [0.4, 0.5) is 10.5 Å². The van der Waals surface area contributed by atoms with Crippen molar-refractivity contribution in [3.05, 3.63) is 59.2 Å². The van der Waals surface area contributed by atoms with Gasteiger partial charge in [0.2, 0.25) is 5.91 Å². The summed E-state index contributed by atoms with van der Waals surface area (Å²) in [5.41, 5.74) is 2.01. The Bertz CT molecular complexity index is 1200. The van der Waals surface area contributed by atoms with E-state index in [9.17, 15) is 19.5 Å². The van der Waals surface area contributed by atoms with Gasteiger partial charge in [0.05, 0.1) is 0 Å². The van der Waals surface area contributed by atoms with E-state index in [4.69, 9.17) is 4.74 Å². The second kappa shape index (κ2) is 17.8. The summed E-state index contributed by atoms with van der Waals surface area (Å²) in [6.07, 6.45) is 7.74. The highest BCUT2D eigenvalue weighted by Gasteiger charge is 2.36. The molecule has 2 atom stereocenters. The first-order valence-electron chi connectivity index (χ1n) is 15.3. The van der Waals surface area contributed by atoms with Gasteiger partial charge < -0.3 is 25.4 Å². The molecule has 0 saturated carbocycles. The lowest BCUT2D eigenvalue weighted by molar-refractivity contribution is -0.141. The Morgan fingerprint density at radius 1 is 0.977 bits per heavy atom. The zero-order valence-electron chi connectivity index (χ0n) is 27.0. The third kappa shape index (κ3) is 12.1. The van der Waals surface area contributed by atoms with Gasteiger partial charge in [0, 0.05) is 12.2 Å². The highest BCUT2D eigenvalue weighted by atomic mass is 32.2. The lowest BCUT2D eigenvalue weighted by Crippen LogP contribution is -2.52. The van der Waals surface area contributed by atoms with Crippen molar-refractivity contribution in [3.8, 4) is 5.75 Å². The van der Waals surface area contributed by atoms with E-state index in [1.54, 1.807) is 62.6 Å². The molecule has 0 radical (unpaired) electrons. The van der Waals surface area contributed by atoms with Crippen LogP contribution in [0, 0.1) is 13.8 Å². The number of phenols is 1. The minimum absolute atomic E-state index is 0.111. The predicted octanol–water partition coefficient (Wildman–Crippen LogP) is 7.52. The van der Waals surface area contributed by atoms with Crippen molar-refractivity contribution in [2.24, 2.45) is 0 Å². The smallest absolute Gasteiger partial charge is 0.408 e. The SMILES string of the molecule is CCCCCCCCN(C(=O)C(CCSC)NC(=O)OC(C)(C)C)C(C(=O)Nc1ccccc1C)c1ccc(O)c(C)c1. The molecule has 0 aliphatic heterocycles. The summed E-state index contributed by atoms with van der Waals surface area (Å²) < 4.78 is 5.49. The Hall–Kier alpha value is -3.20. The first-order chi connectivity index (χ1) is 20.4. The molecule has 2 aromatic carbocycles. The van der Waals surface area contributed by atoms with Crippen molar-refractivity contribution in [3.63, 3.8) is 0 Å². The van der Waals surface area contributed by atoms with Gasteiger partial charge in [-0.05, 0) is 94.4 Å². The van der Waals surface area contributed by atoms with Gasteiger partial charge in [0.15, 0.2) is 0 Å². The minimum Gasteiger partial charge on any atom is -0.508 e. The van der Waals surface area contributed by atoms with Gasteiger partial charge in [-0.25, -0.2) is 4.79 Å². The van der Waals surface area contributed by atoms with E-state index in [-0.39, 0.29) is 17.6 Å².